The van der Waals surface area contributed by atoms with Crippen LogP contribution in [-0.4, -0.2) is 22.9 Å². The van der Waals surface area contributed by atoms with Crippen molar-refractivity contribution in [1.82, 2.24) is 15.3 Å². The van der Waals surface area contributed by atoms with Gasteiger partial charge in [0.05, 0.1) is 17.2 Å². The molecule has 3 aromatic rings. The van der Waals surface area contributed by atoms with Crippen molar-refractivity contribution in [3.63, 3.8) is 0 Å². The molecule has 3 rings (SSSR count). The van der Waals surface area contributed by atoms with Crippen LogP contribution in [0.2, 0.25) is 0 Å². The van der Waals surface area contributed by atoms with Gasteiger partial charge in [0, 0.05) is 5.69 Å². The third-order valence-electron chi connectivity index (χ3n) is 3.59. The zero-order chi connectivity index (χ0) is 16.2. The van der Waals surface area contributed by atoms with E-state index in [4.69, 9.17) is 0 Å². The summed E-state index contributed by atoms with van der Waals surface area (Å²) in [5, 5.41) is 6.34. The van der Waals surface area contributed by atoms with Crippen LogP contribution in [0.1, 0.15) is 11.6 Å². The van der Waals surface area contributed by atoms with E-state index in [1.807, 2.05) is 30.3 Å². The number of aromatic amines is 1. The maximum absolute atomic E-state index is 12.5. The van der Waals surface area contributed by atoms with Crippen LogP contribution >= 0.6 is 0 Å². The summed E-state index contributed by atoms with van der Waals surface area (Å²) in [4.78, 5) is 30.8. The van der Waals surface area contributed by atoms with Crippen LogP contribution in [-0.2, 0) is 4.79 Å². The first-order valence-electron chi connectivity index (χ1n) is 7.19. The maximum atomic E-state index is 12.5. The number of H-pyrrole nitrogens is 1. The van der Waals surface area contributed by atoms with Gasteiger partial charge in [-0.2, -0.15) is 0 Å². The van der Waals surface area contributed by atoms with Crippen molar-refractivity contribution in [1.29, 1.82) is 0 Å². The van der Waals surface area contributed by atoms with E-state index in [9.17, 15) is 9.59 Å². The maximum Gasteiger partial charge on any atom is 0.258 e. The van der Waals surface area contributed by atoms with Crippen molar-refractivity contribution in [2.45, 2.75) is 6.04 Å². The lowest BCUT2D eigenvalue weighted by Gasteiger charge is -2.16. The number of likely N-dealkylation sites (N-methyl/N-ethyl adjacent to an activating group) is 1. The lowest BCUT2D eigenvalue weighted by atomic mass is 10.1. The number of carbonyl (C=O) groups is 1. The summed E-state index contributed by atoms with van der Waals surface area (Å²) in [5.41, 5.74) is 1.80. The summed E-state index contributed by atoms with van der Waals surface area (Å²) in [6.45, 7) is 0. The summed E-state index contributed by atoms with van der Waals surface area (Å²) in [6.07, 6.45) is 1.34. The molecule has 1 amide bonds. The molecule has 0 aliphatic carbocycles. The highest BCUT2D eigenvalue weighted by molar-refractivity contribution is 5.97. The Bertz CT molecular complexity index is 890. The fourth-order valence-corrected chi connectivity index (χ4v) is 2.46. The second-order valence-electron chi connectivity index (χ2n) is 5.09. The number of nitrogens with one attached hydrogen (secondary N) is 3. The Hall–Kier alpha value is -2.99. The first kappa shape index (κ1) is 14.9. The summed E-state index contributed by atoms with van der Waals surface area (Å²) in [6, 6.07) is 14.0. The SMILES string of the molecule is CNC(C(=O)Nc1ccc2c(=O)[nH]cnc2c1)c1ccccc1. The Morgan fingerprint density at radius 3 is 2.70 bits per heavy atom. The molecule has 23 heavy (non-hydrogen) atoms. The second kappa shape index (κ2) is 6.41. The molecule has 1 heterocycles. The molecule has 1 aromatic heterocycles. The van der Waals surface area contributed by atoms with Gasteiger partial charge in [0.25, 0.3) is 5.56 Å². The van der Waals surface area contributed by atoms with Crippen LogP contribution < -0.4 is 16.2 Å². The first-order valence-corrected chi connectivity index (χ1v) is 7.19. The number of anilines is 1. The predicted molar refractivity (Wildman–Crippen MR) is 89.2 cm³/mol. The number of amides is 1. The van der Waals surface area contributed by atoms with Gasteiger partial charge in [-0.25, -0.2) is 4.98 Å². The van der Waals surface area contributed by atoms with E-state index in [2.05, 4.69) is 20.6 Å². The zero-order valence-electron chi connectivity index (χ0n) is 12.5. The normalized spacial score (nSPS) is 12.0. The minimum atomic E-state index is -0.459. The van der Waals surface area contributed by atoms with Crippen LogP contribution in [0.5, 0.6) is 0 Å². The van der Waals surface area contributed by atoms with Crippen molar-refractivity contribution < 1.29 is 4.79 Å². The number of hydrogen-bond donors (Lipinski definition) is 3. The van der Waals surface area contributed by atoms with Gasteiger partial charge < -0.3 is 15.6 Å². The third-order valence-corrected chi connectivity index (χ3v) is 3.59. The number of aromatic nitrogens is 2. The van der Waals surface area contributed by atoms with Crippen LogP contribution in [0.25, 0.3) is 10.9 Å². The first-order chi connectivity index (χ1) is 11.2. The number of fused-ring (bicyclic) bond motifs is 1. The quantitative estimate of drug-likeness (QED) is 0.686. The molecule has 2 aromatic carbocycles. The molecule has 0 radical (unpaired) electrons. The van der Waals surface area contributed by atoms with Crippen LogP contribution in [0.3, 0.4) is 0 Å². The number of benzene rings is 2. The molecule has 0 saturated carbocycles. The average Bonchev–Trinajstić information content (AvgIpc) is 2.56. The Balaban J connectivity index is 1.86. The van der Waals surface area contributed by atoms with Gasteiger partial charge in [0.2, 0.25) is 5.91 Å². The lowest BCUT2D eigenvalue weighted by molar-refractivity contribution is -0.118. The van der Waals surface area contributed by atoms with Gasteiger partial charge >= 0.3 is 0 Å². The molecule has 0 spiro atoms. The fourth-order valence-electron chi connectivity index (χ4n) is 2.46. The molecule has 1 atom stereocenters. The number of carbonyl (C=O) groups excluding carboxylic acids is 1. The smallest absolute Gasteiger partial charge is 0.258 e. The number of rotatable bonds is 4. The van der Waals surface area contributed by atoms with E-state index in [0.717, 1.165) is 5.56 Å². The van der Waals surface area contributed by atoms with Crippen LogP contribution in [0.15, 0.2) is 59.7 Å². The van der Waals surface area contributed by atoms with E-state index >= 15 is 0 Å². The molecule has 0 aliphatic rings. The molecule has 6 heteroatoms. The van der Waals surface area contributed by atoms with E-state index in [-0.39, 0.29) is 11.5 Å². The zero-order valence-corrected chi connectivity index (χ0v) is 12.5. The topological polar surface area (TPSA) is 86.9 Å². The Kier molecular flexibility index (Phi) is 4.16. The molecule has 3 N–H and O–H groups in total. The van der Waals surface area contributed by atoms with Crippen molar-refractivity contribution in [3.05, 3.63) is 70.8 Å². The standard InChI is InChI=1S/C17H16N4O2/c1-18-15(11-5-3-2-4-6-11)17(23)21-12-7-8-13-14(9-12)19-10-20-16(13)22/h2-10,15,18H,1H3,(H,21,23)(H,19,20,22). The van der Waals surface area contributed by atoms with E-state index in [1.54, 1.807) is 25.2 Å². The molecule has 0 bridgehead atoms. The van der Waals surface area contributed by atoms with Crippen LogP contribution in [0.4, 0.5) is 5.69 Å². The lowest BCUT2D eigenvalue weighted by Crippen LogP contribution is -2.30. The van der Waals surface area contributed by atoms with Gasteiger partial charge in [0.15, 0.2) is 0 Å². The molecule has 116 valence electrons. The monoisotopic (exact) mass is 308 g/mol. The van der Waals surface area contributed by atoms with Crippen molar-refractivity contribution in [2.75, 3.05) is 12.4 Å². The highest BCUT2D eigenvalue weighted by Gasteiger charge is 2.18. The van der Waals surface area contributed by atoms with Crippen molar-refractivity contribution in [2.24, 2.45) is 0 Å². The highest BCUT2D eigenvalue weighted by Crippen LogP contribution is 2.18. The van der Waals surface area contributed by atoms with E-state index in [1.165, 1.54) is 6.33 Å². The summed E-state index contributed by atoms with van der Waals surface area (Å²) in [5.74, 6) is -0.178. The highest BCUT2D eigenvalue weighted by atomic mass is 16.2. The largest absolute Gasteiger partial charge is 0.324 e. The number of hydrogen-bond acceptors (Lipinski definition) is 4. The Morgan fingerprint density at radius 2 is 1.96 bits per heavy atom. The van der Waals surface area contributed by atoms with Gasteiger partial charge in [-0.1, -0.05) is 30.3 Å². The van der Waals surface area contributed by atoms with E-state index in [0.29, 0.717) is 16.6 Å². The van der Waals surface area contributed by atoms with E-state index < -0.39 is 6.04 Å². The molecule has 0 saturated heterocycles. The predicted octanol–water partition coefficient (Wildman–Crippen LogP) is 1.82. The van der Waals surface area contributed by atoms with Gasteiger partial charge in [-0.05, 0) is 30.8 Å². The van der Waals surface area contributed by atoms with Gasteiger partial charge in [0.1, 0.15) is 6.04 Å². The van der Waals surface area contributed by atoms with Gasteiger partial charge in [-0.15, -0.1) is 0 Å². The minimum Gasteiger partial charge on any atom is -0.324 e. The molecule has 0 fully saturated rings. The summed E-state index contributed by atoms with van der Waals surface area (Å²) >= 11 is 0. The average molecular weight is 308 g/mol. The molecule has 6 nitrogen and oxygen atoms in total. The Labute approximate surface area is 132 Å². The molecular formula is C17H16N4O2. The Morgan fingerprint density at radius 1 is 1.17 bits per heavy atom. The fraction of sp³-hybridized carbons (Fsp3) is 0.118. The van der Waals surface area contributed by atoms with Gasteiger partial charge in [-0.3, -0.25) is 9.59 Å². The van der Waals surface area contributed by atoms with Crippen LogP contribution in [0, 0.1) is 0 Å². The summed E-state index contributed by atoms with van der Waals surface area (Å²) in [7, 11) is 1.73. The minimum absolute atomic E-state index is 0.178. The second-order valence-corrected chi connectivity index (χ2v) is 5.09. The molecular weight excluding hydrogens is 292 g/mol. The van der Waals surface area contributed by atoms with Crippen molar-refractivity contribution >= 4 is 22.5 Å². The molecule has 0 aliphatic heterocycles. The summed E-state index contributed by atoms with van der Waals surface area (Å²) < 4.78 is 0. The third kappa shape index (κ3) is 3.12. The number of nitrogens with zero attached hydrogens (tertiary/aromatic N) is 1. The molecule has 1 unspecified atom stereocenters. The van der Waals surface area contributed by atoms with Crippen molar-refractivity contribution in [3.8, 4) is 0 Å².